The van der Waals surface area contributed by atoms with Gasteiger partial charge in [-0.1, -0.05) is 13.0 Å². The number of hydrogen-bond acceptors (Lipinski definition) is 5. The summed E-state index contributed by atoms with van der Waals surface area (Å²) in [6, 6.07) is 5.59. The minimum atomic E-state index is -0.290. The quantitative estimate of drug-likeness (QED) is 0.722. The number of esters is 1. The molecule has 0 radical (unpaired) electrons. The predicted molar refractivity (Wildman–Crippen MR) is 79.5 cm³/mol. The molecule has 2 rings (SSSR count). The first-order valence-corrected chi connectivity index (χ1v) is 7.46. The first kappa shape index (κ1) is 16.1. The lowest BCUT2D eigenvalue weighted by Gasteiger charge is -2.22. The molecule has 0 bridgehead atoms. The Kier molecular flexibility index (Phi) is 5.63. The molecular formula is C16H21NO5. The topological polar surface area (TPSA) is 65.1 Å². The number of carbonyl (C=O) groups excluding carboxylic acids is 2. The van der Waals surface area contributed by atoms with Crippen LogP contribution in [0.4, 0.5) is 0 Å². The lowest BCUT2D eigenvalue weighted by atomic mass is 10.1. The van der Waals surface area contributed by atoms with Crippen LogP contribution in [-0.4, -0.2) is 36.7 Å². The van der Waals surface area contributed by atoms with Gasteiger partial charge in [0.25, 0.3) is 0 Å². The van der Waals surface area contributed by atoms with Gasteiger partial charge in [0.15, 0.2) is 11.5 Å². The molecule has 0 aromatic heterocycles. The first-order chi connectivity index (χ1) is 10.6. The van der Waals surface area contributed by atoms with Crippen LogP contribution in [0.25, 0.3) is 0 Å². The molecular weight excluding hydrogens is 286 g/mol. The van der Waals surface area contributed by atoms with E-state index in [0.717, 1.165) is 5.56 Å². The maximum Gasteiger partial charge on any atom is 0.307 e. The minimum Gasteiger partial charge on any atom is -0.466 e. The molecule has 1 aliphatic rings. The van der Waals surface area contributed by atoms with E-state index < -0.39 is 0 Å². The van der Waals surface area contributed by atoms with Gasteiger partial charge in [0.2, 0.25) is 12.7 Å². The molecule has 0 saturated carbocycles. The minimum absolute atomic E-state index is 0.00182. The Hall–Kier alpha value is -2.24. The van der Waals surface area contributed by atoms with Gasteiger partial charge in [-0.15, -0.1) is 0 Å². The van der Waals surface area contributed by atoms with Gasteiger partial charge in [-0.25, -0.2) is 0 Å². The molecule has 0 spiro atoms. The smallest absolute Gasteiger partial charge is 0.307 e. The molecule has 0 fully saturated rings. The third kappa shape index (κ3) is 4.13. The van der Waals surface area contributed by atoms with Gasteiger partial charge < -0.3 is 19.1 Å². The van der Waals surface area contributed by atoms with Crippen LogP contribution in [0.2, 0.25) is 0 Å². The summed E-state index contributed by atoms with van der Waals surface area (Å²) in [5, 5.41) is 0. The first-order valence-electron chi connectivity index (χ1n) is 7.46. The second-order valence-corrected chi connectivity index (χ2v) is 4.91. The number of rotatable bonds is 7. The summed E-state index contributed by atoms with van der Waals surface area (Å²) in [6.07, 6.45) is 0.595. The molecule has 1 aliphatic heterocycles. The standard InChI is InChI=1S/C16H21NO5/c1-3-15(18)17(8-7-16(19)20-4-2)10-12-5-6-13-14(9-12)22-11-21-13/h5-6,9H,3-4,7-8,10-11H2,1-2H3. The third-order valence-corrected chi connectivity index (χ3v) is 3.36. The van der Waals surface area contributed by atoms with E-state index in [1.54, 1.807) is 18.7 Å². The second-order valence-electron chi connectivity index (χ2n) is 4.91. The van der Waals surface area contributed by atoms with Gasteiger partial charge in [-0.3, -0.25) is 9.59 Å². The summed E-state index contributed by atoms with van der Waals surface area (Å²) < 4.78 is 15.5. The van der Waals surface area contributed by atoms with Crippen LogP contribution in [0, 0.1) is 0 Å². The predicted octanol–water partition coefficient (Wildman–Crippen LogP) is 2.11. The van der Waals surface area contributed by atoms with Crippen molar-refractivity contribution in [1.82, 2.24) is 4.90 Å². The molecule has 22 heavy (non-hydrogen) atoms. The molecule has 120 valence electrons. The van der Waals surface area contributed by atoms with Crippen molar-refractivity contribution in [1.29, 1.82) is 0 Å². The monoisotopic (exact) mass is 307 g/mol. The van der Waals surface area contributed by atoms with Gasteiger partial charge in [0.1, 0.15) is 0 Å². The number of fused-ring (bicyclic) bond motifs is 1. The summed E-state index contributed by atoms with van der Waals surface area (Å²) in [4.78, 5) is 25.2. The fourth-order valence-corrected chi connectivity index (χ4v) is 2.23. The van der Waals surface area contributed by atoms with E-state index in [9.17, 15) is 9.59 Å². The summed E-state index contributed by atoms with van der Waals surface area (Å²) >= 11 is 0. The third-order valence-electron chi connectivity index (χ3n) is 3.36. The lowest BCUT2D eigenvalue weighted by Crippen LogP contribution is -2.32. The Labute approximate surface area is 129 Å². The number of ether oxygens (including phenoxy) is 3. The molecule has 0 aliphatic carbocycles. The molecule has 0 atom stereocenters. The van der Waals surface area contributed by atoms with Crippen LogP contribution in [0.3, 0.4) is 0 Å². The summed E-state index contributed by atoms with van der Waals surface area (Å²) in [5.74, 6) is 1.11. The highest BCUT2D eigenvalue weighted by molar-refractivity contribution is 5.77. The van der Waals surface area contributed by atoms with Crippen LogP contribution in [-0.2, 0) is 20.9 Å². The largest absolute Gasteiger partial charge is 0.466 e. The normalized spacial score (nSPS) is 12.1. The SMILES string of the molecule is CCOC(=O)CCN(Cc1ccc2c(c1)OCO2)C(=O)CC. The molecule has 0 N–H and O–H groups in total. The van der Waals surface area contributed by atoms with Crippen molar-refractivity contribution in [3.05, 3.63) is 23.8 Å². The molecule has 6 heteroatoms. The number of carbonyl (C=O) groups is 2. The highest BCUT2D eigenvalue weighted by Crippen LogP contribution is 2.32. The molecule has 0 saturated heterocycles. The van der Waals surface area contributed by atoms with Crippen molar-refractivity contribution in [2.75, 3.05) is 19.9 Å². The van der Waals surface area contributed by atoms with Crippen LogP contribution < -0.4 is 9.47 Å². The molecule has 1 aromatic rings. The molecule has 6 nitrogen and oxygen atoms in total. The van der Waals surface area contributed by atoms with E-state index in [2.05, 4.69) is 0 Å². The average Bonchev–Trinajstić information content (AvgIpc) is 2.98. The van der Waals surface area contributed by atoms with E-state index in [-0.39, 0.29) is 25.1 Å². The van der Waals surface area contributed by atoms with Crippen LogP contribution in [0.15, 0.2) is 18.2 Å². The van der Waals surface area contributed by atoms with Crippen LogP contribution in [0.5, 0.6) is 11.5 Å². The Balaban J connectivity index is 2.00. The summed E-state index contributed by atoms with van der Waals surface area (Å²) in [6.45, 7) is 4.92. The summed E-state index contributed by atoms with van der Waals surface area (Å²) in [7, 11) is 0. The van der Waals surface area contributed by atoms with Crippen LogP contribution in [0.1, 0.15) is 32.3 Å². The molecule has 0 unspecified atom stereocenters. The number of hydrogen-bond donors (Lipinski definition) is 0. The molecule has 1 aromatic carbocycles. The van der Waals surface area contributed by atoms with Crippen LogP contribution >= 0.6 is 0 Å². The average molecular weight is 307 g/mol. The van der Waals surface area contributed by atoms with E-state index in [0.29, 0.717) is 37.6 Å². The maximum atomic E-state index is 12.0. The van der Waals surface area contributed by atoms with Gasteiger partial charge in [-0.05, 0) is 24.6 Å². The van der Waals surface area contributed by atoms with Crippen molar-refractivity contribution in [2.45, 2.75) is 33.2 Å². The van der Waals surface area contributed by atoms with E-state index in [4.69, 9.17) is 14.2 Å². The Morgan fingerprint density at radius 3 is 2.73 bits per heavy atom. The molecule has 1 heterocycles. The fraction of sp³-hybridized carbons (Fsp3) is 0.500. The number of benzene rings is 1. The van der Waals surface area contributed by atoms with Crippen molar-refractivity contribution in [2.24, 2.45) is 0 Å². The van der Waals surface area contributed by atoms with E-state index in [1.165, 1.54) is 0 Å². The van der Waals surface area contributed by atoms with Crippen molar-refractivity contribution in [3.63, 3.8) is 0 Å². The zero-order valence-corrected chi connectivity index (χ0v) is 13.0. The van der Waals surface area contributed by atoms with Crippen molar-refractivity contribution < 1.29 is 23.8 Å². The van der Waals surface area contributed by atoms with Crippen molar-refractivity contribution in [3.8, 4) is 11.5 Å². The van der Waals surface area contributed by atoms with Gasteiger partial charge in [0.05, 0.1) is 13.0 Å². The second kappa shape index (κ2) is 7.68. The molecule has 1 amide bonds. The Morgan fingerprint density at radius 1 is 1.23 bits per heavy atom. The van der Waals surface area contributed by atoms with Gasteiger partial charge in [0, 0.05) is 19.5 Å². The number of amides is 1. The fourth-order valence-electron chi connectivity index (χ4n) is 2.23. The zero-order valence-electron chi connectivity index (χ0n) is 13.0. The highest BCUT2D eigenvalue weighted by Gasteiger charge is 2.17. The van der Waals surface area contributed by atoms with Gasteiger partial charge >= 0.3 is 5.97 Å². The van der Waals surface area contributed by atoms with Crippen molar-refractivity contribution >= 4 is 11.9 Å². The Morgan fingerprint density at radius 2 is 2.00 bits per heavy atom. The highest BCUT2D eigenvalue weighted by atomic mass is 16.7. The zero-order chi connectivity index (χ0) is 15.9. The van der Waals surface area contributed by atoms with E-state index in [1.807, 2.05) is 18.2 Å². The van der Waals surface area contributed by atoms with E-state index >= 15 is 0 Å². The summed E-state index contributed by atoms with van der Waals surface area (Å²) in [5.41, 5.74) is 0.940. The number of nitrogens with zero attached hydrogens (tertiary/aromatic N) is 1. The Bertz CT molecular complexity index is 543. The lowest BCUT2D eigenvalue weighted by molar-refractivity contribution is -0.144. The van der Waals surface area contributed by atoms with Gasteiger partial charge in [-0.2, -0.15) is 0 Å². The maximum absolute atomic E-state index is 12.0.